The fraction of sp³-hybridized carbons (Fsp3) is 0.143. The van der Waals surface area contributed by atoms with Gasteiger partial charge in [-0.1, -0.05) is 61.2 Å². The van der Waals surface area contributed by atoms with Crippen molar-refractivity contribution in [2.24, 2.45) is 0 Å². The molecule has 0 radical (unpaired) electrons. The molecule has 0 spiro atoms. The van der Waals surface area contributed by atoms with E-state index in [9.17, 15) is 0 Å². The second-order valence-corrected chi connectivity index (χ2v) is 5.47. The van der Waals surface area contributed by atoms with E-state index in [0.29, 0.717) is 0 Å². The van der Waals surface area contributed by atoms with Gasteiger partial charge in [-0.3, -0.25) is 0 Å². The molecule has 2 aromatic rings. The SMILES string of the molecule is C=C/C=C/C=C(\c1ccccc1)c1cc(C)c(N)c(C)c1C. The maximum Gasteiger partial charge on any atom is 0.0376 e. The van der Waals surface area contributed by atoms with Crippen molar-refractivity contribution in [2.45, 2.75) is 20.8 Å². The van der Waals surface area contributed by atoms with Crippen LogP contribution in [0.5, 0.6) is 0 Å². The van der Waals surface area contributed by atoms with Crippen LogP contribution in [0.15, 0.2) is 67.3 Å². The first-order valence-electron chi connectivity index (χ1n) is 7.47. The van der Waals surface area contributed by atoms with Crippen molar-refractivity contribution in [3.63, 3.8) is 0 Å². The molecule has 0 heterocycles. The summed E-state index contributed by atoms with van der Waals surface area (Å²) in [7, 11) is 0. The Morgan fingerprint density at radius 3 is 2.32 bits per heavy atom. The lowest BCUT2D eigenvalue weighted by Crippen LogP contribution is -2.01. The number of aryl methyl sites for hydroxylation is 1. The second kappa shape index (κ2) is 6.95. The van der Waals surface area contributed by atoms with Crippen molar-refractivity contribution in [1.82, 2.24) is 0 Å². The Morgan fingerprint density at radius 1 is 1.00 bits per heavy atom. The number of nitrogen functional groups attached to an aromatic ring is 1. The molecule has 2 aromatic carbocycles. The van der Waals surface area contributed by atoms with Crippen LogP contribution in [0.3, 0.4) is 0 Å². The van der Waals surface area contributed by atoms with Gasteiger partial charge in [-0.05, 0) is 60.2 Å². The monoisotopic (exact) mass is 289 g/mol. The minimum Gasteiger partial charge on any atom is -0.398 e. The molecule has 0 amide bonds. The topological polar surface area (TPSA) is 26.0 Å². The molecule has 0 aromatic heterocycles. The number of nitrogens with two attached hydrogens (primary N) is 1. The third-order valence-electron chi connectivity index (χ3n) is 4.04. The Bertz CT molecular complexity index is 734. The first-order chi connectivity index (χ1) is 10.6. The van der Waals surface area contributed by atoms with Crippen LogP contribution < -0.4 is 5.73 Å². The zero-order valence-electron chi connectivity index (χ0n) is 13.6. The highest BCUT2D eigenvalue weighted by Gasteiger charge is 2.12. The van der Waals surface area contributed by atoms with E-state index in [1.807, 2.05) is 18.2 Å². The molecule has 0 saturated carbocycles. The number of hydrogen-bond donors (Lipinski definition) is 1. The smallest absolute Gasteiger partial charge is 0.0376 e. The molecule has 0 aliphatic rings. The van der Waals surface area contributed by atoms with Crippen LogP contribution >= 0.6 is 0 Å². The van der Waals surface area contributed by atoms with Gasteiger partial charge >= 0.3 is 0 Å². The first kappa shape index (κ1) is 15.8. The third kappa shape index (κ3) is 3.20. The van der Waals surface area contributed by atoms with E-state index in [2.05, 4.69) is 63.8 Å². The number of rotatable bonds is 4. The molecule has 112 valence electrons. The second-order valence-electron chi connectivity index (χ2n) is 5.47. The van der Waals surface area contributed by atoms with Crippen LogP contribution in [0.2, 0.25) is 0 Å². The Morgan fingerprint density at radius 2 is 1.68 bits per heavy atom. The maximum atomic E-state index is 6.17. The molecule has 0 aliphatic carbocycles. The van der Waals surface area contributed by atoms with E-state index in [-0.39, 0.29) is 0 Å². The average molecular weight is 289 g/mol. The third-order valence-corrected chi connectivity index (χ3v) is 4.04. The highest BCUT2D eigenvalue weighted by atomic mass is 14.6. The summed E-state index contributed by atoms with van der Waals surface area (Å²) in [6.07, 6.45) is 7.88. The molecule has 22 heavy (non-hydrogen) atoms. The molecular weight excluding hydrogens is 266 g/mol. The summed E-state index contributed by atoms with van der Waals surface area (Å²) in [4.78, 5) is 0. The van der Waals surface area contributed by atoms with Gasteiger partial charge in [-0.15, -0.1) is 0 Å². The van der Waals surface area contributed by atoms with Crippen molar-refractivity contribution in [3.8, 4) is 0 Å². The minimum absolute atomic E-state index is 0.885. The van der Waals surface area contributed by atoms with Crippen LogP contribution in [-0.4, -0.2) is 0 Å². The van der Waals surface area contributed by atoms with Gasteiger partial charge in [0.2, 0.25) is 0 Å². The van der Waals surface area contributed by atoms with Crippen molar-refractivity contribution in [2.75, 3.05) is 5.73 Å². The van der Waals surface area contributed by atoms with Gasteiger partial charge < -0.3 is 5.73 Å². The lowest BCUT2D eigenvalue weighted by Gasteiger charge is -2.17. The quantitative estimate of drug-likeness (QED) is 0.594. The molecule has 0 bridgehead atoms. The van der Waals surface area contributed by atoms with Gasteiger partial charge in [-0.2, -0.15) is 0 Å². The summed E-state index contributed by atoms with van der Waals surface area (Å²) < 4.78 is 0. The Hall–Kier alpha value is -2.54. The van der Waals surface area contributed by atoms with Gasteiger partial charge in [0.1, 0.15) is 0 Å². The first-order valence-corrected chi connectivity index (χ1v) is 7.47. The van der Waals surface area contributed by atoms with Gasteiger partial charge in [0.25, 0.3) is 0 Å². The van der Waals surface area contributed by atoms with Crippen molar-refractivity contribution >= 4 is 11.3 Å². The van der Waals surface area contributed by atoms with Crippen molar-refractivity contribution < 1.29 is 0 Å². The predicted octanol–water partition coefficient (Wildman–Crippen LogP) is 5.37. The molecule has 1 heteroatoms. The largest absolute Gasteiger partial charge is 0.398 e. The maximum absolute atomic E-state index is 6.17. The molecule has 0 unspecified atom stereocenters. The van der Waals surface area contributed by atoms with E-state index in [0.717, 1.165) is 16.8 Å². The number of hydrogen-bond acceptors (Lipinski definition) is 1. The van der Waals surface area contributed by atoms with E-state index in [4.69, 9.17) is 5.73 Å². The minimum atomic E-state index is 0.885. The van der Waals surface area contributed by atoms with Crippen LogP contribution in [0, 0.1) is 20.8 Å². The lowest BCUT2D eigenvalue weighted by atomic mass is 9.89. The van der Waals surface area contributed by atoms with E-state index in [1.165, 1.54) is 22.3 Å². The van der Waals surface area contributed by atoms with Crippen LogP contribution in [0.4, 0.5) is 5.69 Å². The summed E-state index contributed by atoms with van der Waals surface area (Å²) >= 11 is 0. The van der Waals surface area contributed by atoms with E-state index >= 15 is 0 Å². The standard InChI is InChI=1S/C21H23N/c1-5-6-8-13-19(18-11-9-7-10-12-18)20-14-15(2)21(22)17(4)16(20)3/h5-14H,1,22H2,2-4H3/b8-6+,19-13+. The highest BCUT2D eigenvalue weighted by molar-refractivity contribution is 5.84. The zero-order chi connectivity index (χ0) is 16.1. The number of allylic oxidation sites excluding steroid dienone is 4. The molecule has 0 fully saturated rings. The molecular formula is C21H23N. The van der Waals surface area contributed by atoms with E-state index < -0.39 is 0 Å². The van der Waals surface area contributed by atoms with Crippen molar-refractivity contribution in [1.29, 1.82) is 0 Å². The number of anilines is 1. The Kier molecular flexibility index (Phi) is 5.00. The zero-order valence-corrected chi connectivity index (χ0v) is 13.6. The molecule has 2 rings (SSSR count). The molecule has 0 atom stereocenters. The highest BCUT2D eigenvalue weighted by Crippen LogP contribution is 2.32. The molecule has 1 nitrogen and oxygen atoms in total. The van der Waals surface area contributed by atoms with Gasteiger partial charge in [0.15, 0.2) is 0 Å². The average Bonchev–Trinajstić information content (AvgIpc) is 2.54. The molecule has 0 aliphatic heterocycles. The fourth-order valence-electron chi connectivity index (χ4n) is 2.57. The van der Waals surface area contributed by atoms with Gasteiger partial charge in [0, 0.05) is 5.69 Å². The lowest BCUT2D eigenvalue weighted by molar-refractivity contribution is 1.28. The molecule has 2 N–H and O–H groups in total. The summed E-state index contributed by atoms with van der Waals surface area (Å²) in [5, 5.41) is 0. The number of benzene rings is 2. The fourth-order valence-corrected chi connectivity index (χ4v) is 2.57. The summed E-state index contributed by atoms with van der Waals surface area (Å²) in [6.45, 7) is 10.0. The Balaban J connectivity index is 2.68. The summed E-state index contributed by atoms with van der Waals surface area (Å²) in [5.41, 5.74) is 14.2. The van der Waals surface area contributed by atoms with Gasteiger partial charge in [0.05, 0.1) is 0 Å². The normalized spacial score (nSPS) is 11.9. The van der Waals surface area contributed by atoms with Gasteiger partial charge in [-0.25, -0.2) is 0 Å². The van der Waals surface area contributed by atoms with Crippen LogP contribution in [-0.2, 0) is 0 Å². The summed E-state index contributed by atoms with van der Waals surface area (Å²) in [5.74, 6) is 0. The van der Waals surface area contributed by atoms with Crippen LogP contribution in [0.25, 0.3) is 5.57 Å². The molecule has 0 saturated heterocycles. The van der Waals surface area contributed by atoms with E-state index in [1.54, 1.807) is 6.08 Å². The predicted molar refractivity (Wildman–Crippen MR) is 97.9 cm³/mol. The van der Waals surface area contributed by atoms with Crippen LogP contribution in [0.1, 0.15) is 27.8 Å². The van der Waals surface area contributed by atoms with Crippen molar-refractivity contribution in [3.05, 3.63) is 95.1 Å². The Labute approximate surface area is 133 Å². The summed E-state index contributed by atoms with van der Waals surface area (Å²) in [6, 6.07) is 12.6.